The minimum absolute atomic E-state index is 0.393. The van der Waals surface area contributed by atoms with Crippen molar-refractivity contribution < 1.29 is 4.74 Å². The normalized spacial score (nSPS) is 32.8. The molecule has 1 atom stereocenters. The van der Waals surface area contributed by atoms with Crippen molar-refractivity contribution in [3.8, 4) is 0 Å². The molecule has 1 saturated heterocycles. The Bertz CT molecular complexity index is 221. The van der Waals surface area contributed by atoms with Gasteiger partial charge in [-0.05, 0) is 62.3 Å². The molecule has 94 valence electrons. The summed E-state index contributed by atoms with van der Waals surface area (Å²) in [6.07, 6.45) is 9.48. The maximum absolute atomic E-state index is 6.05. The van der Waals surface area contributed by atoms with Crippen LogP contribution >= 0.6 is 0 Å². The van der Waals surface area contributed by atoms with Crippen molar-refractivity contribution in [3.63, 3.8) is 0 Å². The molecule has 0 aromatic rings. The first-order valence-electron chi connectivity index (χ1n) is 6.87. The van der Waals surface area contributed by atoms with E-state index in [0.29, 0.717) is 16.9 Å². The van der Waals surface area contributed by atoms with Crippen LogP contribution in [0.4, 0.5) is 0 Å². The number of hydrogen-bond acceptors (Lipinski definition) is 2. The van der Waals surface area contributed by atoms with Crippen molar-refractivity contribution in [2.75, 3.05) is 13.2 Å². The van der Waals surface area contributed by atoms with E-state index in [4.69, 9.17) is 10.5 Å². The molecule has 2 heteroatoms. The van der Waals surface area contributed by atoms with Gasteiger partial charge in [0.25, 0.3) is 0 Å². The highest BCUT2D eigenvalue weighted by Gasteiger charge is 2.39. The SMILES string of the molecule is CC1(C)CCC(CN)(CC2CCCO2)CC1. The average Bonchev–Trinajstić information content (AvgIpc) is 2.74. The Morgan fingerprint density at radius 2 is 1.88 bits per heavy atom. The summed E-state index contributed by atoms with van der Waals surface area (Å²) in [6, 6.07) is 0. The summed E-state index contributed by atoms with van der Waals surface area (Å²) in [7, 11) is 0. The third-order valence-electron chi connectivity index (χ3n) is 4.78. The van der Waals surface area contributed by atoms with Crippen LogP contribution in [0.25, 0.3) is 0 Å². The van der Waals surface area contributed by atoms with Gasteiger partial charge < -0.3 is 10.5 Å². The van der Waals surface area contributed by atoms with Crippen LogP contribution in [0.5, 0.6) is 0 Å². The number of hydrogen-bond donors (Lipinski definition) is 1. The highest BCUT2D eigenvalue weighted by molar-refractivity contribution is 4.91. The summed E-state index contributed by atoms with van der Waals surface area (Å²) in [4.78, 5) is 0. The van der Waals surface area contributed by atoms with Gasteiger partial charge in [0.2, 0.25) is 0 Å². The van der Waals surface area contributed by atoms with Crippen molar-refractivity contribution in [1.82, 2.24) is 0 Å². The largest absolute Gasteiger partial charge is 0.378 e. The monoisotopic (exact) mass is 225 g/mol. The van der Waals surface area contributed by atoms with Crippen molar-refractivity contribution in [3.05, 3.63) is 0 Å². The first-order chi connectivity index (χ1) is 7.55. The van der Waals surface area contributed by atoms with Crippen LogP contribution in [0.2, 0.25) is 0 Å². The predicted octanol–water partition coefficient (Wildman–Crippen LogP) is 3.10. The Labute approximate surface area is 99.9 Å². The fourth-order valence-corrected chi connectivity index (χ4v) is 3.24. The molecule has 0 amide bonds. The molecule has 0 radical (unpaired) electrons. The van der Waals surface area contributed by atoms with E-state index in [1.807, 2.05) is 0 Å². The van der Waals surface area contributed by atoms with Crippen molar-refractivity contribution >= 4 is 0 Å². The van der Waals surface area contributed by atoms with E-state index in [1.165, 1.54) is 44.9 Å². The lowest BCUT2D eigenvalue weighted by atomic mass is 9.63. The summed E-state index contributed by atoms with van der Waals surface area (Å²) in [5, 5.41) is 0. The van der Waals surface area contributed by atoms with Gasteiger partial charge in [-0.2, -0.15) is 0 Å². The van der Waals surface area contributed by atoms with E-state index in [2.05, 4.69) is 13.8 Å². The van der Waals surface area contributed by atoms with E-state index in [1.54, 1.807) is 0 Å². The zero-order valence-electron chi connectivity index (χ0n) is 10.9. The van der Waals surface area contributed by atoms with Gasteiger partial charge in [0.1, 0.15) is 0 Å². The fraction of sp³-hybridized carbons (Fsp3) is 1.00. The van der Waals surface area contributed by atoms with E-state index < -0.39 is 0 Å². The van der Waals surface area contributed by atoms with Gasteiger partial charge in [-0.1, -0.05) is 13.8 Å². The standard InChI is InChI=1S/C14H27NO/c1-13(2)5-7-14(11-15,8-6-13)10-12-4-3-9-16-12/h12H,3-11,15H2,1-2H3. The molecular weight excluding hydrogens is 198 g/mol. The highest BCUT2D eigenvalue weighted by Crippen LogP contribution is 2.47. The lowest BCUT2D eigenvalue weighted by Crippen LogP contribution is -2.39. The second-order valence-corrected chi connectivity index (χ2v) is 6.71. The van der Waals surface area contributed by atoms with Crippen LogP contribution in [0, 0.1) is 10.8 Å². The lowest BCUT2D eigenvalue weighted by molar-refractivity contribution is 0.0261. The first-order valence-corrected chi connectivity index (χ1v) is 6.87. The Kier molecular flexibility index (Phi) is 3.60. The van der Waals surface area contributed by atoms with E-state index >= 15 is 0 Å². The summed E-state index contributed by atoms with van der Waals surface area (Å²) in [6.45, 7) is 6.60. The molecule has 1 aliphatic carbocycles. The highest BCUT2D eigenvalue weighted by atomic mass is 16.5. The quantitative estimate of drug-likeness (QED) is 0.801. The van der Waals surface area contributed by atoms with Gasteiger partial charge in [0, 0.05) is 6.61 Å². The molecule has 2 aliphatic rings. The Morgan fingerprint density at radius 3 is 2.38 bits per heavy atom. The van der Waals surface area contributed by atoms with Gasteiger partial charge in [-0.15, -0.1) is 0 Å². The number of ether oxygens (including phenoxy) is 1. The molecule has 1 aliphatic heterocycles. The van der Waals surface area contributed by atoms with Gasteiger partial charge in [-0.25, -0.2) is 0 Å². The molecule has 0 spiro atoms. The molecule has 2 rings (SSSR count). The van der Waals surface area contributed by atoms with Gasteiger partial charge >= 0.3 is 0 Å². The second kappa shape index (κ2) is 4.66. The van der Waals surface area contributed by atoms with Crippen molar-refractivity contribution in [1.29, 1.82) is 0 Å². The van der Waals surface area contributed by atoms with E-state index in [-0.39, 0.29) is 0 Å². The van der Waals surface area contributed by atoms with E-state index in [0.717, 1.165) is 13.2 Å². The van der Waals surface area contributed by atoms with Crippen molar-refractivity contribution in [2.24, 2.45) is 16.6 Å². The molecule has 0 aromatic carbocycles. The summed E-state index contributed by atoms with van der Waals surface area (Å²) in [5.74, 6) is 0. The van der Waals surface area contributed by atoms with Crippen molar-refractivity contribution in [2.45, 2.75) is 64.9 Å². The van der Waals surface area contributed by atoms with Crippen LogP contribution in [-0.2, 0) is 4.74 Å². The van der Waals surface area contributed by atoms with Crippen LogP contribution in [0.3, 0.4) is 0 Å². The van der Waals surface area contributed by atoms with Gasteiger partial charge in [-0.3, -0.25) is 0 Å². The molecule has 1 saturated carbocycles. The van der Waals surface area contributed by atoms with Crippen LogP contribution < -0.4 is 5.73 Å². The van der Waals surface area contributed by atoms with Crippen LogP contribution in [0.1, 0.15) is 58.8 Å². The molecule has 16 heavy (non-hydrogen) atoms. The summed E-state index contributed by atoms with van der Waals surface area (Å²) >= 11 is 0. The molecule has 0 aromatic heterocycles. The number of rotatable bonds is 3. The second-order valence-electron chi connectivity index (χ2n) is 6.71. The zero-order chi connectivity index (χ0) is 11.6. The Morgan fingerprint density at radius 1 is 1.19 bits per heavy atom. The molecule has 2 nitrogen and oxygen atoms in total. The third kappa shape index (κ3) is 2.78. The first kappa shape index (κ1) is 12.4. The maximum Gasteiger partial charge on any atom is 0.0581 e. The van der Waals surface area contributed by atoms with Crippen LogP contribution in [-0.4, -0.2) is 19.3 Å². The van der Waals surface area contributed by atoms with E-state index in [9.17, 15) is 0 Å². The van der Waals surface area contributed by atoms with Gasteiger partial charge in [0.05, 0.1) is 6.10 Å². The minimum Gasteiger partial charge on any atom is -0.378 e. The predicted molar refractivity (Wildman–Crippen MR) is 67.3 cm³/mol. The molecule has 2 N–H and O–H groups in total. The molecule has 1 heterocycles. The smallest absolute Gasteiger partial charge is 0.0581 e. The molecule has 0 bridgehead atoms. The zero-order valence-corrected chi connectivity index (χ0v) is 10.9. The summed E-state index contributed by atoms with van der Waals surface area (Å²) in [5.41, 5.74) is 6.98. The Balaban J connectivity index is 1.92. The van der Waals surface area contributed by atoms with Gasteiger partial charge in [0.15, 0.2) is 0 Å². The maximum atomic E-state index is 6.05. The molecule has 2 fully saturated rings. The fourth-order valence-electron chi connectivity index (χ4n) is 3.24. The topological polar surface area (TPSA) is 35.2 Å². The summed E-state index contributed by atoms with van der Waals surface area (Å²) < 4.78 is 5.78. The third-order valence-corrected chi connectivity index (χ3v) is 4.78. The number of nitrogens with two attached hydrogens (primary N) is 1. The Hall–Kier alpha value is -0.0800. The average molecular weight is 225 g/mol. The molecular formula is C14H27NO. The molecule has 1 unspecified atom stereocenters. The van der Waals surface area contributed by atoms with Crippen LogP contribution in [0.15, 0.2) is 0 Å². The lowest BCUT2D eigenvalue weighted by Gasteiger charge is -2.44. The minimum atomic E-state index is 0.393.